The summed E-state index contributed by atoms with van der Waals surface area (Å²) in [6, 6.07) is 12.9. The van der Waals surface area contributed by atoms with E-state index in [1.165, 1.54) is 22.3 Å². The Bertz CT molecular complexity index is 985. The van der Waals surface area contributed by atoms with Crippen molar-refractivity contribution in [2.45, 2.75) is 44.6 Å². The molecule has 1 fully saturated rings. The molecule has 0 aromatic heterocycles. The first-order valence-corrected chi connectivity index (χ1v) is 11.0. The van der Waals surface area contributed by atoms with E-state index in [1.807, 2.05) is 6.07 Å². The number of hydrogen-bond donors (Lipinski definition) is 0. The fourth-order valence-corrected chi connectivity index (χ4v) is 5.22. The number of rotatable bonds is 4. The molecule has 0 radical (unpaired) electrons. The van der Waals surface area contributed by atoms with E-state index < -0.39 is 0 Å². The molecule has 2 heterocycles. The molecule has 2 aliphatic heterocycles. The number of ether oxygens (including phenoxy) is 3. The maximum absolute atomic E-state index is 11.2. The largest absolute Gasteiger partial charge is 0.497 e. The smallest absolute Gasteiger partial charge is 0.160 e. The monoisotopic (exact) mass is 404 g/mol. The van der Waals surface area contributed by atoms with Gasteiger partial charge in [0, 0.05) is 19.6 Å². The Balaban J connectivity index is 1.66. The number of carbonyl (C=O) groups is 1. The summed E-state index contributed by atoms with van der Waals surface area (Å²) in [4.78, 5) is 11.2. The molecule has 4 heteroatoms. The van der Waals surface area contributed by atoms with Crippen LogP contribution < -0.4 is 9.47 Å². The van der Waals surface area contributed by atoms with E-state index in [2.05, 4.69) is 30.3 Å². The van der Waals surface area contributed by atoms with E-state index in [1.54, 1.807) is 12.7 Å². The Morgan fingerprint density at radius 3 is 2.70 bits per heavy atom. The summed E-state index contributed by atoms with van der Waals surface area (Å²) >= 11 is 0. The van der Waals surface area contributed by atoms with Crippen LogP contribution in [0.3, 0.4) is 0 Å². The summed E-state index contributed by atoms with van der Waals surface area (Å²) in [6.07, 6.45) is 6.70. The molecule has 2 aromatic rings. The van der Waals surface area contributed by atoms with Crippen LogP contribution >= 0.6 is 0 Å². The second-order valence-corrected chi connectivity index (χ2v) is 8.48. The van der Waals surface area contributed by atoms with Gasteiger partial charge in [-0.05, 0) is 90.1 Å². The van der Waals surface area contributed by atoms with Crippen LogP contribution in [0.5, 0.6) is 11.5 Å². The molecule has 0 amide bonds. The molecule has 1 aliphatic carbocycles. The lowest BCUT2D eigenvalue weighted by molar-refractivity contribution is -0.113. The number of hydrogen-bond acceptors (Lipinski definition) is 4. The minimum absolute atomic E-state index is 0.357. The normalized spacial score (nSPS) is 21.4. The molecule has 5 rings (SSSR count). The van der Waals surface area contributed by atoms with Crippen molar-refractivity contribution >= 4 is 11.9 Å². The predicted octanol–water partition coefficient (Wildman–Crippen LogP) is 4.76. The van der Waals surface area contributed by atoms with Gasteiger partial charge < -0.3 is 14.2 Å². The minimum Gasteiger partial charge on any atom is -0.497 e. The van der Waals surface area contributed by atoms with Crippen molar-refractivity contribution in [3.8, 4) is 11.5 Å². The average molecular weight is 405 g/mol. The number of allylic oxidation sites excluding steroid dienone is 1. The highest BCUT2D eigenvalue weighted by Crippen LogP contribution is 2.43. The van der Waals surface area contributed by atoms with Crippen LogP contribution in [0.15, 0.2) is 42.0 Å². The van der Waals surface area contributed by atoms with Crippen LogP contribution in [0.2, 0.25) is 0 Å². The summed E-state index contributed by atoms with van der Waals surface area (Å²) in [5.41, 5.74) is 7.97. The van der Waals surface area contributed by atoms with Crippen LogP contribution in [0.25, 0.3) is 5.57 Å². The molecule has 30 heavy (non-hydrogen) atoms. The van der Waals surface area contributed by atoms with Crippen molar-refractivity contribution < 1.29 is 19.0 Å². The molecule has 0 N–H and O–H groups in total. The molecule has 0 bridgehead atoms. The Hall–Kier alpha value is -2.59. The molecule has 2 aromatic carbocycles. The highest BCUT2D eigenvalue weighted by atomic mass is 16.5. The second kappa shape index (κ2) is 8.27. The third-order valence-electron chi connectivity index (χ3n) is 6.71. The van der Waals surface area contributed by atoms with Crippen LogP contribution in [0, 0.1) is 5.92 Å². The van der Waals surface area contributed by atoms with Crippen LogP contribution in [-0.4, -0.2) is 32.7 Å². The molecule has 4 nitrogen and oxygen atoms in total. The Kier molecular flexibility index (Phi) is 5.34. The first kappa shape index (κ1) is 19.4. The fraction of sp³-hybridized carbons (Fsp3) is 0.423. The van der Waals surface area contributed by atoms with Crippen molar-refractivity contribution in [1.82, 2.24) is 0 Å². The zero-order valence-corrected chi connectivity index (χ0v) is 17.5. The van der Waals surface area contributed by atoms with Gasteiger partial charge in [0.15, 0.2) is 12.4 Å². The van der Waals surface area contributed by atoms with Gasteiger partial charge in [0.25, 0.3) is 0 Å². The number of fused-ring (bicyclic) bond motifs is 2. The van der Waals surface area contributed by atoms with E-state index in [0.29, 0.717) is 12.3 Å². The predicted molar refractivity (Wildman–Crippen MR) is 116 cm³/mol. The summed E-state index contributed by atoms with van der Waals surface area (Å²) in [5, 5.41) is 0. The van der Waals surface area contributed by atoms with E-state index >= 15 is 0 Å². The Morgan fingerprint density at radius 2 is 1.90 bits per heavy atom. The van der Waals surface area contributed by atoms with E-state index in [-0.39, 0.29) is 6.10 Å². The molecule has 1 atom stereocenters. The van der Waals surface area contributed by atoms with Gasteiger partial charge in [-0.25, -0.2) is 0 Å². The molecular formula is C26H28O4. The van der Waals surface area contributed by atoms with Crippen molar-refractivity contribution in [1.29, 1.82) is 0 Å². The molecular weight excluding hydrogens is 376 g/mol. The third kappa shape index (κ3) is 3.54. The van der Waals surface area contributed by atoms with Gasteiger partial charge in [0.1, 0.15) is 11.5 Å². The maximum Gasteiger partial charge on any atom is 0.160 e. The van der Waals surface area contributed by atoms with Gasteiger partial charge in [-0.1, -0.05) is 17.7 Å². The van der Waals surface area contributed by atoms with Gasteiger partial charge in [0.2, 0.25) is 0 Å². The Labute approximate surface area is 177 Å². The molecule has 0 spiro atoms. The quantitative estimate of drug-likeness (QED) is 0.689. The fourth-order valence-electron chi connectivity index (χ4n) is 5.22. The molecule has 156 valence electrons. The van der Waals surface area contributed by atoms with Crippen molar-refractivity contribution in [3.63, 3.8) is 0 Å². The van der Waals surface area contributed by atoms with E-state index in [0.717, 1.165) is 68.7 Å². The zero-order chi connectivity index (χ0) is 20.5. The summed E-state index contributed by atoms with van der Waals surface area (Å²) in [7, 11) is 1.73. The Morgan fingerprint density at radius 1 is 1.03 bits per heavy atom. The topological polar surface area (TPSA) is 44.8 Å². The summed E-state index contributed by atoms with van der Waals surface area (Å²) in [5.74, 6) is 2.32. The average Bonchev–Trinajstić information content (AvgIpc) is 3.12. The third-order valence-corrected chi connectivity index (χ3v) is 6.71. The number of aryl methyl sites for hydroxylation is 1. The summed E-state index contributed by atoms with van der Waals surface area (Å²) < 4.78 is 16.9. The van der Waals surface area contributed by atoms with E-state index in [9.17, 15) is 4.79 Å². The maximum atomic E-state index is 11.2. The number of aldehydes is 1. The summed E-state index contributed by atoms with van der Waals surface area (Å²) in [6.45, 7) is 1.69. The molecule has 0 saturated carbocycles. The molecule has 1 unspecified atom stereocenters. The van der Waals surface area contributed by atoms with Gasteiger partial charge in [-0.3, -0.25) is 4.79 Å². The molecule has 1 saturated heterocycles. The van der Waals surface area contributed by atoms with Gasteiger partial charge in [-0.2, -0.15) is 0 Å². The highest BCUT2D eigenvalue weighted by molar-refractivity contribution is 5.85. The number of benzene rings is 2. The lowest BCUT2D eigenvalue weighted by atomic mass is 9.81. The number of methoxy groups -OCH3 is 1. The van der Waals surface area contributed by atoms with Gasteiger partial charge in [-0.15, -0.1) is 0 Å². The number of carbonyl (C=O) groups excluding carboxylic acids is 1. The SMILES string of the molecule is COc1ccc2c(c1)CCCC(C1CCOCC1)=C2c1ccc2c(c1)CC(C=O)O2. The highest BCUT2D eigenvalue weighted by Gasteiger charge is 2.28. The van der Waals surface area contributed by atoms with Gasteiger partial charge >= 0.3 is 0 Å². The lowest BCUT2D eigenvalue weighted by Crippen LogP contribution is -2.18. The van der Waals surface area contributed by atoms with Crippen molar-refractivity contribution in [2.24, 2.45) is 5.92 Å². The van der Waals surface area contributed by atoms with Crippen LogP contribution in [0.4, 0.5) is 0 Å². The van der Waals surface area contributed by atoms with Crippen LogP contribution in [-0.2, 0) is 22.4 Å². The van der Waals surface area contributed by atoms with Gasteiger partial charge in [0.05, 0.1) is 7.11 Å². The first-order valence-electron chi connectivity index (χ1n) is 11.0. The van der Waals surface area contributed by atoms with Crippen LogP contribution in [0.1, 0.15) is 47.9 Å². The van der Waals surface area contributed by atoms with Crippen molar-refractivity contribution in [3.05, 3.63) is 64.2 Å². The molecule has 3 aliphatic rings. The standard InChI is InChI=1S/C26H28O4/c1-28-21-6-7-24-18(14-21)3-2-4-23(17-9-11-29-12-10-17)26(24)19-5-8-25-20(13-19)15-22(16-27)30-25/h5-8,13-14,16-17,22H,2-4,9-12,15H2,1H3. The zero-order valence-electron chi connectivity index (χ0n) is 17.5. The lowest BCUT2D eigenvalue weighted by Gasteiger charge is -2.27. The minimum atomic E-state index is -0.357. The van der Waals surface area contributed by atoms with Crippen molar-refractivity contribution in [2.75, 3.05) is 20.3 Å². The second-order valence-electron chi connectivity index (χ2n) is 8.48. The van der Waals surface area contributed by atoms with E-state index in [4.69, 9.17) is 14.2 Å². The first-order chi connectivity index (χ1) is 14.8.